The fraction of sp³-hybridized carbons (Fsp3) is 0.269. The highest BCUT2D eigenvalue weighted by Gasteiger charge is 2.28. The molecule has 4 aromatic rings. The molecule has 1 unspecified atom stereocenters. The second kappa shape index (κ2) is 8.19. The Labute approximate surface area is 201 Å². The summed E-state index contributed by atoms with van der Waals surface area (Å²) in [4.78, 5) is 28.6. The standard InChI is InChI=1S/C26H26N4O5/c1-5-16-18(31)10-14-9-17(28-23(14)16)24(32)20-11-13-8-15(6-7-19(13)34-20)27-25(33)29-22-12-21(35-30-22)26(2,3)4/h6-12,16,28,31H,5H2,1-4H3,(H2,27,29,30,33). The zero-order valence-corrected chi connectivity index (χ0v) is 19.9. The first-order valence-corrected chi connectivity index (χ1v) is 11.4. The molecule has 9 nitrogen and oxygen atoms in total. The molecule has 0 fully saturated rings. The number of H-pyrrole nitrogens is 1. The van der Waals surface area contributed by atoms with E-state index in [2.05, 4.69) is 20.8 Å². The van der Waals surface area contributed by atoms with Crippen LogP contribution in [0.25, 0.3) is 17.0 Å². The van der Waals surface area contributed by atoms with Gasteiger partial charge in [-0.15, -0.1) is 0 Å². The number of nitrogens with zero attached hydrogens (tertiary/aromatic N) is 1. The van der Waals surface area contributed by atoms with Gasteiger partial charge in [0.2, 0.25) is 5.78 Å². The summed E-state index contributed by atoms with van der Waals surface area (Å²) in [5, 5.41) is 20.0. The zero-order chi connectivity index (χ0) is 24.9. The van der Waals surface area contributed by atoms with Gasteiger partial charge in [0, 0.05) is 28.2 Å². The van der Waals surface area contributed by atoms with Crippen molar-refractivity contribution in [3.63, 3.8) is 0 Å². The predicted molar refractivity (Wildman–Crippen MR) is 132 cm³/mol. The number of aliphatic hydroxyl groups excluding tert-OH is 1. The lowest BCUT2D eigenvalue weighted by Crippen LogP contribution is -2.19. The van der Waals surface area contributed by atoms with Gasteiger partial charge in [-0.25, -0.2) is 4.79 Å². The Hall–Kier alpha value is -4.27. The Morgan fingerprint density at radius 3 is 2.66 bits per heavy atom. The van der Waals surface area contributed by atoms with E-state index in [1.54, 1.807) is 42.5 Å². The Balaban J connectivity index is 1.31. The molecular formula is C26H26N4O5. The minimum absolute atomic E-state index is 0.126. The normalized spacial score (nSPS) is 15.2. The van der Waals surface area contributed by atoms with Gasteiger partial charge in [-0.1, -0.05) is 32.9 Å². The number of urea groups is 1. The molecule has 3 heterocycles. The van der Waals surface area contributed by atoms with Crippen LogP contribution in [0.3, 0.4) is 0 Å². The maximum atomic E-state index is 13.0. The molecule has 0 spiro atoms. The summed E-state index contributed by atoms with van der Waals surface area (Å²) in [5.41, 5.74) is 2.88. The third-order valence-electron chi connectivity index (χ3n) is 6.03. The van der Waals surface area contributed by atoms with E-state index in [1.165, 1.54) is 0 Å². The molecule has 0 saturated heterocycles. The third kappa shape index (κ3) is 4.21. The maximum absolute atomic E-state index is 13.0. The second-order valence-electron chi connectivity index (χ2n) is 9.68. The van der Waals surface area contributed by atoms with Crippen LogP contribution in [0.15, 0.2) is 51.1 Å². The second-order valence-corrected chi connectivity index (χ2v) is 9.68. The molecule has 180 valence electrons. The molecule has 0 bridgehead atoms. The number of aliphatic hydroxyl groups is 1. The summed E-state index contributed by atoms with van der Waals surface area (Å²) in [6, 6.07) is 9.69. The molecule has 0 aliphatic heterocycles. The molecule has 0 radical (unpaired) electrons. The summed E-state index contributed by atoms with van der Waals surface area (Å²) in [5.74, 6) is 1.05. The maximum Gasteiger partial charge on any atom is 0.324 e. The van der Waals surface area contributed by atoms with E-state index >= 15 is 0 Å². The number of anilines is 2. The lowest BCUT2D eigenvalue weighted by Gasteiger charge is -2.12. The predicted octanol–water partition coefficient (Wildman–Crippen LogP) is 6.33. The molecule has 35 heavy (non-hydrogen) atoms. The highest BCUT2D eigenvalue weighted by Crippen LogP contribution is 2.37. The van der Waals surface area contributed by atoms with Gasteiger partial charge in [-0.3, -0.25) is 10.1 Å². The number of amides is 2. The Morgan fingerprint density at radius 2 is 1.94 bits per heavy atom. The average molecular weight is 475 g/mol. The average Bonchev–Trinajstić information content (AvgIpc) is 3.55. The van der Waals surface area contributed by atoms with Crippen LogP contribution in [0.2, 0.25) is 0 Å². The van der Waals surface area contributed by atoms with Crippen molar-refractivity contribution in [1.29, 1.82) is 0 Å². The fourth-order valence-electron chi connectivity index (χ4n) is 4.17. The lowest BCUT2D eigenvalue weighted by molar-refractivity contribution is 0.101. The van der Waals surface area contributed by atoms with E-state index in [0.717, 1.165) is 17.7 Å². The van der Waals surface area contributed by atoms with E-state index in [-0.39, 0.29) is 22.9 Å². The van der Waals surface area contributed by atoms with Gasteiger partial charge in [0.1, 0.15) is 17.1 Å². The Morgan fingerprint density at radius 1 is 1.14 bits per heavy atom. The van der Waals surface area contributed by atoms with Crippen LogP contribution in [0, 0.1) is 0 Å². The summed E-state index contributed by atoms with van der Waals surface area (Å²) >= 11 is 0. The van der Waals surface area contributed by atoms with Crippen molar-refractivity contribution in [3.05, 3.63) is 70.6 Å². The topological polar surface area (TPSA) is 133 Å². The molecular weight excluding hydrogens is 448 g/mol. The molecule has 3 aromatic heterocycles. The van der Waals surface area contributed by atoms with Crippen molar-refractivity contribution < 1.29 is 23.6 Å². The van der Waals surface area contributed by atoms with Crippen LogP contribution in [-0.4, -0.2) is 27.1 Å². The lowest BCUT2D eigenvalue weighted by atomic mass is 9.93. The molecule has 1 atom stereocenters. The summed E-state index contributed by atoms with van der Waals surface area (Å²) in [6.45, 7) is 7.95. The molecule has 0 saturated carbocycles. The largest absolute Gasteiger partial charge is 0.512 e. The number of furan rings is 1. The fourth-order valence-corrected chi connectivity index (χ4v) is 4.17. The number of hydrogen-bond donors (Lipinski definition) is 4. The van der Waals surface area contributed by atoms with Gasteiger partial charge in [-0.2, -0.15) is 0 Å². The smallest absolute Gasteiger partial charge is 0.324 e. The van der Waals surface area contributed by atoms with E-state index in [4.69, 9.17) is 8.94 Å². The highest BCUT2D eigenvalue weighted by molar-refractivity contribution is 6.09. The van der Waals surface area contributed by atoms with Gasteiger partial charge in [0.25, 0.3) is 0 Å². The number of aromatic nitrogens is 2. The van der Waals surface area contributed by atoms with Crippen LogP contribution >= 0.6 is 0 Å². The van der Waals surface area contributed by atoms with Gasteiger partial charge in [-0.05, 0) is 48.4 Å². The number of carbonyl (C=O) groups excluding carboxylic acids is 2. The summed E-state index contributed by atoms with van der Waals surface area (Å²) in [7, 11) is 0. The van der Waals surface area contributed by atoms with E-state index in [9.17, 15) is 14.7 Å². The van der Waals surface area contributed by atoms with Crippen LogP contribution in [-0.2, 0) is 5.41 Å². The first kappa shape index (κ1) is 22.5. The monoisotopic (exact) mass is 474 g/mol. The van der Waals surface area contributed by atoms with Crippen molar-refractivity contribution in [2.45, 2.75) is 45.4 Å². The number of aromatic amines is 1. The minimum atomic E-state index is -0.472. The number of allylic oxidation sites excluding steroid dienone is 1. The first-order valence-electron chi connectivity index (χ1n) is 11.4. The van der Waals surface area contributed by atoms with Crippen molar-refractivity contribution in [1.82, 2.24) is 10.1 Å². The number of nitrogens with one attached hydrogen (secondary N) is 3. The van der Waals surface area contributed by atoms with Crippen LogP contribution in [0.1, 0.15) is 73.3 Å². The molecule has 5 rings (SSSR count). The molecule has 1 aromatic carbocycles. The van der Waals surface area contributed by atoms with Crippen molar-refractivity contribution in [2.24, 2.45) is 0 Å². The number of ketones is 1. The SMILES string of the molecule is CCC1C(O)=Cc2cc(C(=O)c3cc4cc(NC(=O)Nc5cc(C(C)(C)C)on5)ccc4o3)[nH]c21. The molecule has 9 heteroatoms. The zero-order valence-electron chi connectivity index (χ0n) is 19.9. The van der Waals surface area contributed by atoms with E-state index in [0.29, 0.717) is 39.7 Å². The van der Waals surface area contributed by atoms with Crippen molar-refractivity contribution in [2.75, 3.05) is 10.6 Å². The van der Waals surface area contributed by atoms with Gasteiger partial charge >= 0.3 is 6.03 Å². The van der Waals surface area contributed by atoms with Crippen molar-refractivity contribution in [3.8, 4) is 0 Å². The van der Waals surface area contributed by atoms with Crippen LogP contribution in [0.4, 0.5) is 16.3 Å². The molecule has 4 N–H and O–H groups in total. The van der Waals surface area contributed by atoms with Crippen molar-refractivity contribution >= 4 is 40.4 Å². The van der Waals surface area contributed by atoms with Crippen LogP contribution < -0.4 is 10.6 Å². The Bertz CT molecular complexity index is 1480. The van der Waals surface area contributed by atoms with E-state index in [1.807, 2.05) is 27.7 Å². The van der Waals surface area contributed by atoms with Gasteiger partial charge in [0.05, 0.1) is 11.6 Å². The number of hydrogen-bond acceptors (Lipinski definition) is 6. The molecule has 2 amide bonds. The number of carbonyl (C=O) groups is 2. The third-order valence-corrected chi connectivity index (χ3v) is 6.03. The molecule has 1 aliphatic carbocycles. The molecule has 1 aliphatic rings. The minimum Gasteiger partial charge on any atom is -0.512 e. The quantitative estimate of drug-likeness (QED) is 0.250. The number of fused-ring (bicyclic) bond motifs is 2. The van der Waals surface area contributed by atoms with Gasteiger partial charge in [0.15, 0.2) is 11.6 Å². The number of benzene rings is 1. The summed E-state index contributed by atoms with van der Waals surface area (Å²) in [6.07, 6.45) is 2.41. The first-order chi connectivity index (χ1) is 16.6. The van der Waals surface area contributed by atoms with Gasteiger partial charge < -0.3 is 24.3 Å². The van der Waals surface area contributed by atoms with E-state index < -0.39 is 6.03 Å². The Kier molecular flexibility index (Phi) is 5.27. The number of rotatable bonds is 5. The van der Waals surface area contributed by atoms with Crippen LogP contribution in [0.5, 0.6) is 0 Å². The highest BCUT2D eigenvalue weighted by atomic mass is 16.5. The summed E-state index contributed by atoms with van der Waals surface area (Å²) < 4.78 is 11.0.